The number of fused-ring (bicyclic) bond motifs is 1. The van der Waals surface area contributed by atoms with Gasteiger partial charge in [0.15, 0.2) is 5.58 Å². The second kappa shape index (κ2) is 20.8. The summed E-state index contributed by atoms with van der Waals surface area (Å²) >= 11 is 0. The molecule has 0 aliphatic heterocycles. The lowest BCUT2D eigenvalue weighted by Crippen LogP contribution is -2.54. The number of carbonyl (C=O) groups excluding carboxylic acids is 3. The number of hydrogen-bond donors (Lipinski definition) is 5. The van der Waals surface area contributed by atoms with E-state index in [4.69, 9.17) is 24.4 Å². The van der Waals surface area contributed by atoms with Gasteiger partial charge in [0.2, 0.25) is 11.8 Å². The average molecular weight is 785 g/mol. The molecule has 0 fully saturated rings. The van der Waals surface area contributed by atoms with Crippen LogP contribution in [-0.4, -0.2) is 100 Å². The minimum atomic E-state index is -1.47. The predicted molar refractivity (Wildman–Crippen MR) is 210 cm³/mol. The molecule has 3 atom stereocenters. The minimum absolute atomic E-state index is 0.112. The molecular formula is C40H48N8O9. The SMILES string of the molecule is CC(C)C[C@@H](NC(=O)[C@H](O)[C@@H](N)Cc1ccccc1)C(=O)NCCOCCOCCOc1ccc(C(=O)Nc2ccc3oc(-c4ccc(=O)n(C)n4)nc3c2)nc1. The van der Waals surface area contributed by atoms with Crippen LogP contribution in [0.25, 0.3) is 22.7 Å². The second-order valence-electron chi connectivity index (χ2n) is 13.6. The number of nitrogens with two attached hydrogens (primary N) is 1. The normalized spacial score (nSPS) is 12.9. The maximum absolute atomic E-state index is 12.9. The van der Waals surface area contributed by atoms with Crippen LogP contribution in [-0.2, 0) is 32.5 Å². The number of carbonyl (C=O) groups is 3. The third kappa shape index (κ3) is 12.8. The van der Waals surface area contributed by atoms with Crippen LogP contribution in [0.5, 0.6) is 5.75 Å². The lowest BCUT2D eigenvalue weighted by molar-refractivity contribution is -0.135. The van der Waals surface area contributed by atoms with Gasteiger partial charge in [0.05, 0.1) is 32.6 Å². The molecular weight excluding hydrogens is 736 g/mol. The molecule has 0 bridgehead atoms. The van der Waals surface area contributed by atoms with Gasteiger partial charge in [-0.1, -0.05) is 44.2 Å². The van der Waals surface area contributed by atoms with Gasteiger partial charge in [0.25, 0.3) is 17.4 Å². The molecule has 3 heterocycles. The maximum atomic E-state index is 12.9. The Balaban J connectivity index is 0.941. The molecule has 5 aromatic rings. The number of pyridine rings is 1. The number of aliphatic hydroxyl groups excluding tert-OH is 1. The number of nitrogens with zero attached hydrogens (tertiary/aromatic N) is 4. The van der Waals surface area contributed by atoms with Crippen molar-refractivity contribution in [2.24, 2.45) is 18.7 Å². The molecule has 0 unspecified atom stereocenters. The van der Waals surface area contributed by atoms with E-state index in [0.717, 1.165) is 5.56 Å². The molecule has 6 N–H and O–H groups in total. The maximum Gasteiger partial charge on any atom is 0.274 e. The van der Waals surface area contributed by atoms with Crippen molar-refractivity contribution in [1.29, 1.82) is 0 Å². The number of oxazole rings is 1. The van der Waals surface area contributed by atoms with Crippen molar-refractivity contribution in [2.45, 2.75) is 44.9 Å². The first kappa shape index (κ1) is 42.1. The van der Waals surface area contributed by atoms with Gasteiger partial charge in [-0.3, -0.25) is 19.2 Å². The monoisotopic (exact) mass is 784 g/mol. The zero-order valence-corrected chi connectivity index (χ0v) is 32.1. The number of rotatable bonds is 21. The summed E-state index contributed by atoms with van der Waals surface area (Å²) in [5.74, 6) is -0.678. The first-order valence-electron chi connectivity index (χ1n) is 18.5. The van der Waals surface area contributed by atoms with Crippen LogP contribution in [0.3, 0.4) is 0 Å². The molecule has 17 nitrogen and oxygen atoms in total. The third-order valence-corrected chi connectivity index (χ3v) is 8.54. The summed E-state index contributed by atoms with van der Waals surface area (Å²) in [7, 11) is 1.54. The van der Waals surface area contributed by atoms with Crippen LogP contribution < -0.4 is 32.0 Å². The van der Waals surface area contributed by atoms with Crippen molar-refractivity contribution in [1.82, 2.24) is 30.4 Å². The van der Waals surface area contributed by atoms with Gasteiger partial charge in [-0.2, -0.15) is 5.10 Å². The molecule has 2 aromatic carbocycles. The molecule has 5 rings (SSSR count). The van der Waals surface area contributed by atoms with Crippen LogP contribution in [0, 0.1) is 5.92 Å². The van der Waals surface area contributed by atoms with Crippen LogP contribution in [0.15, 0.2) is 88.2 Å². The molecule has 0 saturated heterocycles. The number of aryl methyl sites for hydroxylation is 1. The van der Waals surface area contributed by atoms with E-state index >= 15 is 0 Å². The topological polar surface area (TPSA) is 235 Å². The first-order valence-corrected chi connectivity index (χ1v) is 18.5. The van der Waals surface area contributed by atoms with Gasteiger partial charge >= 0.3 is 0 Å². The van der Waals surface area contributed by atoms with Crippen molar-refractivity contribution in [3.05, 3.63) is 101 Å². The summed E-state index contributed by atoms with van der Waals surface area (Å²) in [6.45, 7) is 5.44. The molecule has 302 valence electrons. The Morgan fingerprint density at radius 1 is 0.930 bits per heavy atom. The van der Waals surface area contributed by atoms with E-state index in [-0.39, 0.29) is 61.9 Å². The average Bonchev–Trinajstić information content (AvgIpc) is 3.63. The highest BCUT2D eigenvalue weighted by atomic mass is 16.5. The molecule has 57 heavy (non-hydrogen) atoms. The number of benzene rings is 2. The number of anilines is 1. The van der Waals surface area contributed by atoms with E-state index in [1.54, 1.807) is 30.3 Å². The van der Waals surface area contributed by atoms with Crippen molar-refractivity contribution >= 4 is 34.5 Å². The Bertz CT molecular complexity index is 2140. The lowest BCUT2D eigenvalue weighted by atomic mass is 10.00. The smallest absolute Gasteiger partial charge is 0.274 e. The number of ether oxygens (including phenoxy) is 3. The van der Waals surface area contributed by atoms with Gasteiger partial charge in [-0.15, -0.1) is 0 Å². The summed E-state index contributed by atoms with van der Waals surface area (Å²) in [6, 6.07) is 18.8. The molecule has 0 aliphatic carbocycles. The fraction of sp³-hybridized carbons (Fsp3) is 0.375. The van der Waals surface area contributed by atoms with E-state index in [2.05, 4.69) is 31.0 Å². The molecule has 3 aromatic heterocycles. The highest BCUT2D eigenvalue weighted by Gasteiger charge is 2.28. The summed E-state index contributed by atoms with van der Waals surface area (Å²) in [5.41, 5.74) is 8.79. The third-order valence-electron chi connectivity index (χ3n) is 8.54. The van der Waals surface area contributed by atoms with Gasteiger partial charge in [0, 0.05) is 31.4 Å². The predicted octanol–water partition coefficient (Wildman–Crippen LogP) is 2.23. The Morgan fingerprint density at radius 2 is 1.68 bits per heavy atom. The van der Waals surface area contributed by atoms with Gasteiger partial charge in [-0.25, -0.2) is 14.6 Å². The van der Waals surface area contributed by atoms with Crippen LogP contribution in [0.1, 0.15) is 36.3 Å². The molecule has 0 saturated carbocycles. The number of nitrogens with one attached hydrogen (secondary N) is 3. The lowest BCUT2D eigenvalue weighted by Gasteiger charge is -2.24. The van der Waals surface area contributed by atoms with E-state index in [1.165, 1.54) is 30.1 Å². The van der Waals surface area contributed by atoms with Crippen molar-refractivity contribution in [3.63, 3.8) is 0 Å². The number of aromatic nitrogens is 4. The fourth-order valence-corrected chi connectivity index (χ4v) is 5.59. The van der Waals surface area contributed by atoms with E-state index < -0.39 is 30.0 Å². The molecule has 17 heteroatoms. The summed E-state index contributed by atoms with van der Waals surface area (Å²) in [5, 5.41) is 22.9. The second-order valence-corrected chi connectivity index (χ2v) is 13.6. The molecule has 0 aliphatic rings. The van der Waals surface area contributed by atoms with Gasteiger partial charge < -0.3 is 45.4 Å². The van der Waals surface area contributed by atoms with Crippen LogP contribution in [0.4, 0.5) is 5.69 Å². The standard InChI is InChI=1S/C40H48N8O9/c1-25(2)21-33(45-39(53)36(50)29(41)22-26-7-5-4-6-8-26)37(51)42-15-16-54-17-18-55-19-20-56-28-10-11-30(43-24-28)38(52)44-27-9-13-34-32(23-27)46-40(57-34)31-12-14-35(49)48(3)47-31/h4-14,23-25,29,33,36,50H,15-22,41H2,1-3H3,(H,42,51)(H,44,52)(H,45,53)/t29-,33+,36+/m0/s1. The Labute approximate surface area is 328 Å². The fourth-order valence-electron chi connectivity index (χ4n) is 5.59. The Hall–Kier alpha value is -6.01. The largest absolute Gasteiger partial charge is 0.490 e. The van der Waals surface area contributed by atoms with Crippen molar-refractivity contribution in [3.8, 4) is 17.3 Å². The quantitative estimate of drug-likeness (QED) is 0.0673. The molecule has 0 radical (unpaired) electrons. The van der Waals surface area contributed by atoms with E-state index in [1.807, 2.05) is 44.2 Å². The highest BCUT2D eigenvalue weighted by molar-refractivity contribution is 6.03. The van der Waals surface area contributed by atoms with E-state index in [0.29, 0.717) is 47.7 Å². The zero-order valence-electron chi connectivity index (χ0n) is 32.1. The zero-order chi connectivity index (χ0) is 40.7. The summed E-state index contributed by atoms with van der Waals surface area (Å²) in [6.07, 6.45) is 0.673. The summed E-state index contributed by atoms with van der Waals surface area (Å²) in [4.78, 5) is 58.7. The van der Waals surface area contributed by atoms with Crippen molar-refractivity contribution in [2.75, 3.05) is 44.9 Å². The minimum Gasteiger partial charge on any atom is -0.490 e. The summed E-state index contributed by atoms with van der Waals surface area (Å²) < 4.78 is 23.7. The molecule has 3 amide bonds. The Kier molecular flexibility index (Phi) is 15.4. The molecule has 0 spiro atoms. The van der Waals surface area contributed by atoms with Crippen molar-refractivity contribution < 1.29 is 38.1 Å². The number of hydrogen-bond acceptors (Lipinski definition) is 13. The van der Waals surface area contributed by atoms with Crippen LogP contribution >= 0.6 is 0 Å². The van der Waals surface area contributed by atoms with Crippen LogP contribution in [0.2, 0.25) is 0 Å². The highest BCUT2D eigenvalue weighted by Crippen LogP contribution is 2.25. The Morgan fingerprint density at radius 3 is 2.40 bits per heavy atom. The van der Waals surface area contributed by atoms with Gasteiger partial charge in [-0.05, 0) is 60.7 Å². The number of amides is 3. The van der Waals surface area contributed by atoms with Gasteiger partial charge in [0.1, 0.15) is 41.4 Å². The number of aliphatic hydroxyl groups is 1. The van der Waals surface area contributed by atoms with E-state index in [9.17, 15) is 24.3 Å². The first-order chi connectivity index (χ1) is 27.5.